The normalized spacial score (nSPS) is 23.2. The Morgan fingerprint density at radius 2 is 1.28 bits per heavy atom. The first-order chi connectivity index (χ1) is 13.8. The van der Waals surface area contributed by atoms with Gasteiger partial charge < -0.3 is 28.4 Å². The highest BCUT2D eigenvalue weighted by atomic mass is 35.5. The number of hydrogen-bond acceptors (Lipinski definition) is 9. The molecule has 0 radical (unpaired) electrons. The van der Waals surface area contributed by atoms with Gasteiger partial charge in [-0.3, -0.25) is 0 Å². The highest BCUT2D eigenvalue weighted by Gasteiger charge is 2.24. The van der Waals surface area contributed by atoms with Crippen LogP contribution in [-0.2, 0) is 38.3 Å². The van der Waals surface area contributed by atoms with Crippen molar-refractivity contribution < 1.29 is 36.8 Å². The van der Waals surface area contributed by atoms with Crippen molar-refractivity contribution >= 4 is 21.6 Å². The number of halogens is 1. The van der Waals surface area contributed by atoms with E-state index in [2.05, 4.69) is 4.84 Å². The van der Waals surface area contributed by atoms with Crippen LogP contribution in [-0.4, -0.2) is 104 Å². The van der Waals surface area contributed by atoms with Crippen molar-refractivity contribution in [1.29, 1.82) is 0 Å². The largest absolute Gasteiger partial charge is 0.377 e. The van der Waals surface area contributed by atoms with Crippen LogP contribution in [0.4, 0.5) is 0 Å². The third-order valence-corrected chi connectivity index (χ3v) is 6.32. The fourth-order valence-corrected chi connectivity index (χ4v) is 4.18. The van der Waals surface area contributed by atoms with E-state index >= 15 is 0 Å². The maximum atomic E-state index is 12.5. The van der Waals surface area contributed by atoms with Crippen molar-refractivity contribution in [3.63, 3.8) is 0 Å². The zero-order chi connectivity index (χ0) is 21.4. The molecular weight excluding hydrogens is 426 g/mol. The van der Waals surface area contributed by atoms with Crippen molar-refractivity contribution in [3.8, 4) is 0 Å². The molecular formula is C18H36ClNO8S. The molecule has 1 saturated heterocycles. The second kappa shape index (κ2) is 15.7. The number of sulfone groups is 1. The molecule has 1 aliphatic heterocycles. The fourth-order valence-electron chi connectivity index (χ4n) is 2.34. The molecule has 1 unspecified atom stereocenters. The topological polar surface area (TPSA) is 102 Å². The van der Waals surface area contributed by atoms with Crippen LogP contribution in [0.15, 0.2) is 0 Å². The van der Waals surface area contributed by atoms with Crippen LogP contribution < -0.4 is 4.84 Å². The number of ether oxygens (including phenoxy) is 6. The molecule has 1 fully saturated rings. The fraction of sp³-hybridized carbons (Fsp3) is 1.00. The van der Waals surface area contributed by atoms with Crippen molar-refractivity contribution in [2.75, 3.05) is 84.2 Å². The van der Waals surface area contributed by atoms with Crippen LogP contribution >= 0.6 is 11.8 Å². The SMILES string of the molecule is CC(C)(CCS(=O)(=O)CC1COCCOCCOCCOCCOCCO1)NCl. The summed E-state index contributed by atoms with van der Waals surface area (Å²) in [7, 11) is -3.33. The molecule has 0 aromatic rings. The molecule has 0 aromatic heterocycles. The minimum Gasteiger partial charge on any atom is -0.377 e. The molecule has 0 aliphatic carbocycles. The summed E-state index contributed by atoms with van der Waals surface area (Å²) in [5, 5.41) is 0. The third kappa shape index (κ3) is 15.4. The van der Waals surface area contributed by atoms with E-state index in [0.717, 1.165) is 0 Å². The van der Waals surface area contributed by atoms with Gasteiger partial charge in [-0.15, -0.1) is 0 Å². The van der Waals surface area contributed by atoms with Crippen LogP contribution in [0.1, 0.15) is 20.3 Å². The van der Waals surface area contributed by atoms with Crippen molar-refractivity contribution in [2.45, 2.75) is 31.9 Å². The first-order valence-electron chi connectivity index (χ1n) is 9.93. The van der Waals surface area contributed by atoms with Gasteiger partial charge in [0.25, 0.3) is 0 Å². The molecule has 0 amide bonds. The van der Waals surface area contributed by atoms with Crippen molar-refractivity contribution in [1.82, 2.24) is 4.84 Å². The van der Waals surface area contributed by atoms with Gasteiger partial charge in [0.05, 0.1) is 90.3 Å². The van der Waals surface area contributed by atoms with Crippen LogP contribution in [0.3, 0.4) is 0 Å². The Morgan fingerprint density at radius 3 is 1.76 bits per heavy atom. The third-order valence-electron chi connectivity index (χ3n) is 4.11. The van der Waals surface area contributed by atoms with Gasteiger partial charge in [0.2, 0.25) is 0 Å². The van der Waals surface area contributed by atoms with Gasteiger partial charge in [-0.2, -0.15) is 0 Å². The lowest BCUT2D eigenvalue weighted by Crippen LogP contribution is -2.37. The molecule has 29 heavy (non-hydrogen) atoms. The van der Waals surface area contributed by atoms with Gasteiger partial charge >= 0.3 is 0 Å². The lowest BCUT2D eigenvalue weighted by atomic mass is 10.0. The van der Waals surface area contributed by atoms with E-state index in [4.69, 9.17) is 40.2 Å². The van der Waals surface area contributed by atoms with E-state index in [1.165, 1.54) is 0 Å². The van der Waals surface area contributed by atoms with Gasteiger partial charge in [-0.1, -0.05) is 0 Å². The maximum absolute atomic E-state index is 12.5. The van der Waals surface area contributed by atoms with E-state index < -0.39 is 21.5 Å². The smallest absolute Gasteiger partial charge is 0.153 e. The number of nitrogens with one attached hydrogen (secondary N) is 1. The van der Waals surface area contributed by atoms with Crippen molar-refractivity contribution in [3.05, 3.63) is 0 Å². The van der Waals surface area contributed by atoms with E-state index in [1.54, 1.807) is 0 Å². The zero-order valence-corrected chi connectivity index (χ0v) is 19.1. The Balaban J connectivity index is 2.48. The molecule has 9 nitrogen and oxygen atoms in total. The number of rotatable bonds is 6. The van der Waals surface area contributed by atoms with E-state index in [9.17, 15) is 8.42 Å². The Labute approximate surface area is 179 Å². The highest BCUT2D eigenvalue weighted by Crippen LogP contribution is 2.12. The summed E-state index contributed by atoms with van der Waals surface area (Å²) in [6.07, 6.45) is -0.181. The summed E-state index contributed by atoms with van der Waals surface area (Å²) in [5.74, 6) is -0.111. The molecule has 1 atom stereocenters. The Hall–Kier alpha value is -0.0400. The number of hydrogen-bond donors (Lipinski definition) is 1. The average molecular weight is 462 g/mol. The molecule has 0 saturated carbocycles. The van der Waals surface area contributed by atoms with Crippen LogP contribution in [0.25, 0.3) is 0 Å². The Morgan fingerprint density at radius 1 is 0.828 bits per heavy atom. The predicted molar refractivity (Wildman–Crippen MR) is 110 cm³/mol. The lowest BCUT2D eigenvalue weighted by molar-refractivity contribution is -0.0541. The first-order valence-corrected chi connectivity index (χ1v) is 12.1. The van der Waals surface area contributed by atoms with Gasteiger partial charge in [-0.25, -0.2) is 13.3 Å². The molecule has 0 spiro atoms. The molecule has 174 valence electrons. The molecule has 1 N–H and O–H groups in total. The molecule has 1 rings (SSSR count). The maximum Gasteiger partial charge on any atom is 0.153 e. The summed E-state index contributed by atoms with van der Waals surface area (Å²) in [6.45, 7) is 8.09. The van der Waals surface area contributed by atoms with E-state index in [1.807, 2.05) is 13.8 Å². The summed E-state index contributed by atoms with van der Waals surface area (Å²) in [4.78, 5) is 2.60. The molecule has 1 aliphatic rings. The molecule has 1 heterocycles. The van der Waals surface area contributed by atoms with Gasteiger partial charge in [0.1, 0.15) is 0 Å². The minimum absolute atomic E-state index is 0.0104. The van der Waals surface area contributed by atoms with E-state index in [0.29, 0.717) is 65.9 Å². The summed E-state index contributed by atoms with van der Waals surface area (Å²) >= 11 is 5.65. The van der Waals surface area contributed by atoms with Crippen LogP contribution in [0.2, 0.25) is 0 Å². The summed E-state index contributed by atoms with van der Waals surface area (Å²) in [6, 6.07) is 0. The Bertz CT molecular complexity index is 488. The molecule has 11 heteroatoms. The average Bonchev–Trinajstić information content (AvgIpc) is 2.68. The second-order valence-electron chi connectivity index (χ2n) is 7.36. The van der Waals surface area contributed by atoms with Gasteiger partial charge in [0.15, 0.2) is 9.84 Å². The zero-order valence-electron chi connectivity index (χ0n) is 17.5. The van der Waals surface area contributed by atoms with Crippen molar-refractivity contribution in [2.24, 2.45) is 0 Å². The second-order valence-corrected chi connectivity index (χ2v) is 9.78. The first kappa shape index (κ1) is 27.0. The Kier molecular flexibility index (Phi) is 14.6. The van der Waals surface area contributed by atoms with Crippen LogP contribution in [0, 0.1) is 0 Å². The standard InChI is InChI=1S/C18H36ClNO8S/c1-18(2,20-19)3-14-29(21,22)16-17-15-27-11-10-25-7-6-23-4-5-24-8-9-26-12-13-28-17/h17,20H,3-16H2,1-2H3. The monoisotopic (exact) mass is 461 g/mol. The lowest BCUT2D eigenvalue weighted by Gasteiger charge is -2.23. The quantitative estimate of drug-likeness (QED) is 0.575. The highest BCUT2D eigenvalue weighted by molar-refractivity contribution is 7.91. The summed E-state index contributed by atoms with van der Waals surface area (Å²) < 4.78 is 57.9. The predicted octanol–water partition coefficient (Wildman–Crippen LogP) is 0.795. The molecule has 0 aromatic carbocycles. The minimum atomic E-state index is -3.33. The van der Waals surface area contributed by atoms with Gasteiger partial charge in [0, 0.05) is 5.54 Å². The van der Waals surface area contributed by atoms with E-state index in [-0.39, 0.29) is 24.7 Å². The summed E-state index contributed by atoms with van der Waals surface area (Å²) in [5.41, 5.74) is -0.471. The van der Waals surface area contributed by atoms with Gasteiger partial charge in [-0.05, 0) is 32.0 Å². The molecule has 0 bridgehead atoms. The van der Waals surface area contributed by atoms with Crippen LogP contribution in [0.5, 0.6) is 0 Å².